The number of rotatable bonds is 12. The van der Waals surface area contributed by atoms with Crippen molar-refractivity contribution in [3.8, 4) is 17.2 Å². The summed E-state index contributed by atoms with van der Waals surface area (Å²) in [6.45, 7) is 11.5. The lowest BCUT2D eigenvalue weighted by atomic mass is 10.1. The Hall–Kier alpha value is -5.94. The number of thioether (sulfide) groups is 1. The molecule has 342 valence electrons. The van der Waals surface area contributed by atoms with E-state index in [1.807, 2.05) is 129 Å². The van der Waals surface area contributed by atoms with Gasteiger partial charge in [0, 0.05) is 86.2 Å². The van der Waals surface area contributed by atoms with Crippen LogP contribution in [0.5, 0.6) is 17.2 Å². The number of aromatic nitrogens is 3. The molecule has 3 aliphatic rings. The number of nitrogens with zero attached hydrogens (tertiary/aromatic N) is 6. The van der Waals surface area contributed by atoms with Crippen molar-refractivity contribution < 1.29 is 24.8 Å². The summed E-state index contributed by atoms with van der Waals surface area (Å²) in [6.07, 6.45) is 5.25. The summed E-state index contributed by atoms with van der Waals surface area (Å²) in [5.41, 5.74) is 3.89. The van der Waals surface area contributed by atoms with Crippen LogP contribution < -0.4 is 16.7 Å². The van der Waals surface area contributed by atoms with E-state index in [4.69, 9.17) is 9.47 Å². The molecular formula is C50H58N6O8S. The number of ether oxygens (including phenoxy) is 2. The molecule has 14 nitrogen and oxygen atoms in total. The van der Waals surface area contributed by atoms with Crippen molar-refractivity contribution in [1.82, 2.24) is 28.4 Å². The topological polar surface area (TPSA) is 155 Å². The highest BCUT2D eigenvalue weighted by molar-refractivity contribution is 7.99. The van der Waals surface area contributed by atoms with E-state index < -0.39 is 0 Å². The summed E-state index contributed by atoms with van der Waals surface area (Å²) in [7, 11) is 0. The molecule has 65 heavy (non-hydrogen) atoms. The SMILES string of the molecule is CC1(C)CN(Cc2ccn(Cc3ccccc3)c(=O)c2O)CO1.O=c1c(O)c(CN2CCOC2)ccn1Cc1ccccc1.O=c1c(O)c(CN2CCSC2)ccn1Cc1ccccc1. The van der Waals surface area contributed by atoms with Crippen LogP contribution >= 0.6 is 11.8 Å². The van der Waals surface area contributed by atoms with Crippen LogP contribution in [0, 0.1) is 0 Å². The van der Waals surface area contributed by atoms with Crippen molar-refractivity contribution >= 4 is 11.8 Å². The molecule has 0 atom stereocenters. The minimum atomic E-state index is -0.356. The monoisotopic (exact) mass is 902 g/mol. The van der Waals surface area contributed by atoms with Crippen molar-refractivity contribution in [3.05, 3.63) is 192 Å². The van der Waals surface area contributed by atoms with Gasteiger partial charge in [-0.05, 0) is 48.7 Å². The first kappa shape index (κ1) is 47.0. The molecule has 3 N–H and O–H groups in total. The molecule has 0 aliphatic carbocycles. The number of benzene rings is 3. The first-order chi connectivity index (χ1) is 31.4. The molecule has 3 aromatic carbocycles. The van der Waals surface area contributed by atoms with E-state index in [9.17, 15) is 29.7 Å². The highest BCUT2D eigenvalue weighted by Gasteiger charge is 2.30. The van der Waals surface area contributed by atoms with Crippen LogP contribution in [-0.4, -0.2) is 101 Å². The second kappa shape index (κ2) is 22.3. The summed E-state index contributed by atoms with van der Waals surface area (Å²) in [6, 6.07) is 34.7. The molecule has 0 spiro atoms. The third kappa shape index (κ3) is 13.1. The molecule has 6 heterocycles. The van der Waals surface area contributed by atoms with Gasteiger partial charge in [-0.3, -0.25) is 29.1 Å². The van der Waals surface area contributed by atoms with Crippen LogP contribution in [0.25, 0.3) is 0 Å². The Bertz CT molecular complexity index is 2530. The quantitative estimate of drug-likeness (QED) is 0.139. The van der Waals surface area contributed by atoms with E-state index in [0.717, 1.165) is 48.0 Å². The van der Waals surface area contributed by atoms with Gasteiger partial charge in [-0.25, -0.2) is 0 Å². The van der Waals surface area contributed by atoms with Crippen molar-refractivity contribution in [1.29, 1.82) is 0 Å². The Kier molecular flexibility index (Phi) is 16.1. The van der Waals surface area contributed by atoms with Crippen LogP contribution in [0.3, 0.4) is 0 Å². The minimum Gasteiger partial charge on any atom is -0.503 e. The standard InChI is InChI=1S/C18H22N2O3.C16H18N2O3.C16H18N2O2S/c1-18(2)12-19(13-23-18)11-15-8-9-20(17(22)16(15)21)10-14-6-4-3-5-7-14;2*19-15-14(11-17-8-9-21-12-17)6-7-18(16(15)20)10-13-4-2-1-3-5-13/h3-9,21H,10-13H2,1-2H3;2*1-7,19H,8-12H2. The molecule has 15 heteroatoms. The zero-order valence-corrected chi connectivity index (χ0v) is 37.8. The fraction of sp³-hybridized carbons (Fsp3) is 0.340. The molecule has 0 unspecified atom stereocenters. The van der Waals surface area contributed by atoms with Gasteiger partial charge in [0.1, 0.15) is 6.73 Å². The molecule has 3 aromatic heterocycles. The highest BCUT2D eigenvalue weighted by Crippen LogP contribution is 2.24. The summed E-state index contributed by atoms with van der Waals surface area (Å²) in [4.78, 5) is 43.2. The lowest BCUT2D eigenvalue weighted by Crippen LogP contribution is -2.28. The van der Waals surface area contributed by atoms with Gasteiger partial charge in [0.25, 0.3) is 16.7 Å². The van der Waals surface area contributed by atoms with Crippen molar-refractivity contribution in [2.45, 2.75) is 58.7 Å². The van der Waals surface area contributed by atoms with Crippen molar-refractivity contribution in [2.75, 3.05) is 51.3 Å². The average Bonchev–Trinajstić information content (AvgIpc) is 4.11. The van der Waals surface area contributed by atoms with E-state index >= 15 is 0 Å². The summed E-state index contributed by atoms with van der Waals surface area (Å²) < 4.78 is 15.5. The maximum atomic E-state index is 12.4. The fourth-order valence-corrected chi connectivity index (χ4v) is 8.76. The predicted octanol–water partition coefficient (Wildman–Crippen LogP) is 5.67. The Morgan fingerprint density at radius 2 is 0.938 bits per heavy atom. The lowest BCUT2D eigenvalue weighted by molar-refractivity contribution is 0.0316. The van der Waals surface area contributed by atoms with E-state index in [1.165, 1.54) is 9.13 Å². The number of aromatic hydroxyl groups is 3. The molecule has 9 rings (SSSR count). The fourth-order valence-electron chi connectivity index (χ4n) is 7.77. The molecule has 3 fully saturated rings. The van der Waals surface area contributed by atoms with E-state index in [-0.39, 0.29) is 39.5 Å². The van der Waals surface area contributed by atoms with E-state index in [0.29, 0.717) is 76.0 Å². The maximum absolute atomic E-state index is 12.4. The Balaban J connectivity index is 0.000000146. The minimum absolute atomic E-state index is 0.120. The summed E-state index contributed by atoms with van der Waals surface area (Å²) in [5, 5.41) is 30.5. The molecule has 0 saturated carbocycles. The Morgan fingerprint density at radius 1 is 0.523 bits per heavy atom. The van der Waals surface area contributed by atoms with Gasteiger partial charge in [-0.2, -0.15) is 0 Å². The second-order valence-electron chi connectivity index (χ2n) is 17.0. The van der Waals surface area contributed by atoms with Gasteiger partial charge < -0.3 is 38.5 Å². The Morgan fingerprint density at radius 3 is 1.29 bits per heavy atom. The zero-order valence-electron chi connectivity index (χ0n) is 37.0. The summed E-state index contributed by atoms with van der Waals surface area (Å²) >= 11 is 1.88. The average molecular weight is 903 g/mol. The van der Waals surface area contributed by atoms with Crippen LogP contribution in [0.2, 0.25) is 0 Å². The van der Waals surface area contributed by atoms with Gasteiger partial charge in [-0.15, -0.1) is 11.8 Å². The first-order valence-electron chi connectivity index (χ1n) is 21.7. The molecule has 0 bridgehead atoms. The number of hydrogen-bond donors (Lipinski definition) is 3. The number of pyridine rings is 3. The van der Waals surface area contributed by atoms with Gasteiger partial charge in [0.05, 0.1) is 38.6 Å². The lowest BCUT2D eigenvalue weighted by Gasteiger charge is -2.17. The maximum Gasteiger partial charge on any atom is 0.293 e. The smallest absolute Gasteiger partial charge is 0.293 e. The predicted molar refractivity (Wildman–Crippen MR) is 253 cm³/mol. The van der Waals surface area contributed by atoms with Crippen LogP contribution in [0.15, 0.2) is 142 Å². The molecule has 3 saturated heterocycles. The third-order valence-electron chi connectivity index (χ3n) is 11.3. The zero-order chi connectivity index (χ0) is 45.8. The molecule has 0 radical (unpaired) electrons. The van der Waals surface area contributed by atoms with Crippen LogP contribution in [-0.2, 0) is 48.7 Å². The Labute approximate surface area is 383 Å². The largest absolute Gasteiger partial charge is 0.503 e. The summed E-state index contributed by atoms with van der Waals surface area (Å²) in [5.74, 6) is 1.62. The molecular weight excluding hydrogens is 845 g/mol. The normalized spacial score (nSPS) is 16.2. The van der Waals surface area contributed by atoms with E-state index in [1.54, 1.807) is 29.2 Å². The molecule has 3 aliphatic heterocycles. The third-order valence-corrected chi connectivity index (χ3v) is 12.4. The van der Waals surface area contributed by atoms with Crippen LogP contribution in [0.4, 0.5) is 0 Å². The number of hydrogen-bond acceptors (Lipinski definition) is 12. The second-order valence-corrected chi connectivity index (χ2v) is 18.1. The van der Waals surface area contributed by atoms with Crippen molar-refractivity contribution in [2.24, 2.45) is 0 Å². The highest BCUT2D eigenvalue weighted by atomic mass is 32.2. The first-order valence-corrected chi connectivity index (χ1v) is 22.9. The van der Waals surface area contributed by atoms with Crippen LogP contribution in [0.1, 0.15) is 47.2 Å². The van der Waals surface area contributed by atoms with E-state index in [2.05, 4.69) is 14.7 Å². The molecule has 6 aromatic rings. The van der Waals surface area contributed by atoms with Gasteiger partial charge in [0.15, 0.2) is 17.2 Å². The van der Waals surface area contributed by atoms with Gasteiger partial charge in [0.2, 0.25) is 0 Å². The molecule has 0 amide bonds. The van der Waals surface area contributed by atoms with Crippen molar-refractivity contribution in [3.63, 3.8) is 0 Å². The van der Waals surface area contributed by atoms with Gasteiger partial charge >= 0.3 is 0 Å². The van der Waals surface area contributed by atoms with Gasteiger partial charge in [-0.1, -0.05) is 91.0 Å².